The molecule has 2 heterocycles. The van der Waals surface area contributed by atoms with Crippen LogP contribution in [0.4, 0.5) is 5.69 Å². The van der Waals surface area contributed by atoms with Gasteiger partial charge in [-0.2, -0.15) is 0 Å². The highest BCUT2D eigenvalue weighted by Gasteiger charge is 2.25. The first-order valence-electron chi connectivity index (χ1n) is 8.59. The minimum atomic E-state index is 0. The van der Waals surface area contributed by atoms with Crippen LogP contribution in [0, 0.1) is 12.8 Å². The van der Waals surface area contributed by atoms with E-state index < -0.39 is 0 Å². The summed E-state index contributed by atoms with van der Waals surface area (Å²) < 4.78 is 5.43. The fourth-order valence-corrected chi connectivity index (χ4v) is 3.47. The summed E-state index contributed by atoms with van der Waals surface area (Å²) in [4.78, 5) is 17.2. The molecule has 2 N–H and O–H groups in total. The van der Waals surface area contributed by atoms with Crippen molar-refractivity contribution >= 4 is 36.4 Å². The molecule has 1 amide bonds. The van der Waals surface area contributed by atoms with Gasteiger partial charge in [0.1, 0.15) is 0 Å². The van der Waals surface area contributed by atoms with Crippen LogP contribution in [0.1, 0.15) is 28.8 Å². The molecule has 0 aromatic heterocycles. The normalized spacial score (nSPS) is 19.0. The highest BCUT2D eigenvalue weighted by atomic mass is 35.5. The van der Waals surface area contributed by atoms with E-state index in [0.717, 1.165) is 63.0 Å². The number of carbonyl (C=O) groups is 1. The van der Waals surface area contributed by atoms with Gasteiger partial charge in [-0.05, 0) is 43.4 Å². The van der Waals surface area contributed by atoms with E-state index in [0.29, 0.717) is 5.69 Å². The van der Waals surface area contributed by atoms with Crippen LogP contribution in [0.15, 0.2) is 18.2 Å². The summed E-state index contributed by atoms with van der Waals surface area (Å²) in [6.07, 6.45) is 2.34. The number of piperazine rings is 1. The Hall–Kier alpha value is -1.01. The molecule has 2 fully saturated rings. The minimum Gasteiger partial charge on any atom is -0.399 e. The van der Waals surface area contributed by atoms with E-state index in [9.17, 15) is 4.79 Å². The first-order chi connectivity index (χ1) is 11.1. The average Bonchev–Trinajstić information content (AvgIpc) is 2.58. The minimum absolute atomic E-state index is 0. The molecule has 2 saturated heterocycles. The number of carbonyl (C=O) groups excluding carboxylic acids is 1. The second-order valence-electron chi connectivity index (χ2n) is 6.72. The maximum absolute atomic E-state index is 12.7. The number of nitrogens with two attached hydrogens (primary N) is 1. The summed E-state index contributed by atoms with van der Waals surface area (Å²) in [5.74, 6) is 0.864. The zero-order chi connectivity index (χ0) is 16.2. The molecular formula is C18H29Cl2N3O2. The first kappa shape index (κ1) is 22.0. The van der Waals surface area contributed by atoms with Gasteiger partial charge in [-0.1, -0.05) is 6.07 Å². The number of nitrogens with zero attached hydrogens (tertiary/aromatic N) is 2. The molecule has 0 unspecified atom stereocenters. The number of nitrogen functional groups attached to an aromatic ring is 1. The number of aryl methyl sites for hydroxylation is 1. The van der Waals surface area contributed by atoms with Crippen LogP contribution in [0.25, 0.3) is 0 Å². The standard InChI is InChI=1S/C18H27N3O2.2ClH/c1-14-2-3-16(19)12-17(14)18(22)21-8-6-20(7-9-21)13-15-4-10-23-11-5-15;;/h2-3,12,15H,4-11,13,19H2,1H3;2*1H. The number of amides is 1. The predicted molar refractivity (Wildman–Crippen MR) is 106 cm³/mol. The number of hydrogen-bond acceptors (Lipinski definition) is 4. The zero-order valence-corrected chi connectivity index (χ0v) is 16.4. The van der Waals surface area contributed by atoms with E-state index >= 15 is 0 Å². The Kier molecular flexibility index (Phi) is 9.00. The Morgan fingerprint density at radius 2 is 1.80 bits per heavy atom. The largest absolute Gasteiger partial charge is 0.399 e. The average molecular weight is 390 g/mol. The molecule has 142 valence electrons. The predicted octanol–water partition coefficient (Wildman–Crippen LogP) is 2.61. The van der Waals surface area contributed by atoms with Crippen LogP contribution in [-0.4, -0.2) is 61.6 Å². The van der Waals surface area contributed by atoms with Crippen LogP contribution in [0.3, 0.4) is 0 Å². The Morgan fingerprint density at radius 3 is 2.44 bits per heavy atom. The van der Waals surface area contributed by atoms with Crippen molar-refractivity contribution in [3.63, 3.8) is 0 Å². The molecule has 0 bridgehead atoms. The number of hydrogen-bond donors (Lipinski definition) is 1. The van der Waals surface area contributed by atoms with Crippen molar-refractivity contribution in [3.05, 3.63) is 29.3 Å². The van der Waals surface area contributed by atoms with Crippen molar-refractivity contribution in [3.8, 4) is 0 Å². The third-order valence-electron chi connectivity index (χ3n) is 5.01. The third-order valence-corrected chi connectivity index (χ3v) is 5.01. The van der Waals surface area contributed by atoms with Crippen molar-refractivity contribution in [1.82, 2.24) is 9.80 Å². The molecule has 2 aliphatic heterocycles. The Labute approximate surface area is 162 Å². The summed E-state index contributed by atoms with van der Waals surface area (Å²) in [5.41, 5.74) is 8.21. The van der Waals surface area contributed by atoms with Crippen LogP contribution in [0.2, 0.25) is 0 Å². The fourth-order valence-electron chi connectivity index (χ4n) is 3.47. The third kappa shape index (κ3) is 5.74. The Bertz CT molecular complexity index is 557. The maximum atomic E-state index is 12.7. The Balaban J connectivity index is 0.00000156. The molecular weight excluding hydrogens is 361 g/mol. The molecule has 1 aromatic rings. The smallest absolute Gasteiger partial charge is 0.254 e. The maximum Gasteiger partial charge on any atom is 0.254 e. The van der Waals surface area contributed by atoms with Crippen LogP contribution in [-0.2, 0) is 4.74 Å². The first-order valence-corrected chi connectivity index (χ1v) is 8.59. The lowest BCUT2D eigenvalue weighted by molar-refractivity contribution is 0.0393. The van der Waals surface area contributed by atoms with Gasteiger partial charge in [0.15, 0.2) is 0 Å². The second kappa shape index (κ2) is 10.2. The van der Waals surface area contributed by atoms with E-state index in [1.165, 1.54) is 12.8 Å². The van der Waals surface area contributed by atoms with Gasteiger partial charge in [-0.3, -0.25) is 9.69 Å². The molecule has 7 heteroatoms. The van der Waals surface area contributed by atoms with Gasteiger partial charge in [-0.25, -0.2) is 0 Å². The van der Waals surface area contributed by atoms with Gasteiger partial charge in [0.2, 0.25) is 0 Å². The van der Waals surface area contributed by atoms with E-state index in [4.69, 9.17) is 10.5 Å². The molecule has 3 rings (SSSR count). The van der Waals surface area contributed by atoms with Gasteiger partial charge in [-0.15, -0.1) is 24.8 Å². The van der Waals surface area contributed by atoms with Gasteiger partial charge in [0.25, 0.3) is 5.91 Å². The van der Waals surface area contributed by atoms with Crippen molar-refractivity contribution < 1.29 is 9.53 Å². The molecule has 0 radical (unpaired) electrons. The molecule has 0 aliphatic carbocycles. The Morgan fingerprint density at radius 1 is 1.16 bits per heavy atom. The van der Waals surface area contributed by atoms with Crippen LogP contribution in [0.5, 0.6) is 0 Å². The summed E-state index contributed by atoms with van der Waals surface area (Å²) in [7, 11) is 0. The number of benzene rings is 1. The zero-order valence-electron chi connectivity index (χ0n) is 14.8. The SMILES string of the molecule is Cc1ccc(N)cc1C(=O)N1CCN(CC2CCOCC2)CC1.Cl.Cl. The fraction of sp³-hybridized carbons (Fsp3) is 0.611. The van der Waals surface area contributed by atoms with Crippen LogP contribution < -0.4 is 5.73 Å². The van der Waals surface area contributed by atoms with Crippen molar-refractivity contribution in [2.75, 3.05) is 51.7 Å². The van der Waals surface area contributed by atoms with Gasteiger partial charge in [0.05, 0.1) is 0 Å². The molecule has 0 spiro atoms. The summed E-state index contributed by atoms with van der Waals surface area (Å²) in [6.45, 7) is 8.44. The van der Waals surface area contributed by atoms with Crippen molar-refractivity contribution in [2.24, 2.45) is 5.92 Å². The lowest BCUT2D eigenvalue weighted by atomic mass is 9.99. The topological polar surface area (TPSA) is 58.8 Å². The highest BCUT2D eigenvalue weighted by molar-refractivity contribution is 5.96. The number of ether oxygens (including phenoxy) is 1. The van der Waals surface area contributed by atoms with Gasteiger partial charge >= 0.3 is 0 Å². The molecule has 0 atom stereocenters. The van der Waals surface area contributed by atoms with E-state index in [-0.39, 0.29) is 30.7 Å². The van der Waals surface area contributed by atoms with E-state index in [1.807, 2.05) is 24.0 Å². The molecule has 25 heavy (non-hydrogen) atoms. The molecule has 1 aromatic carbocycles. The quantitative estimate of drug-likeness (QED) is 0.807. The lowest BCUT2D eigenvalue weighted by Crippen LogP contribution is -2.50. The number of rotatable bonds is 3. The number of anilines is 1. The summed E-state index contributed by atoms with van der Waals surface area (Å²) in [5, 5.41) is 0. The van der Waals surface area contributed by atoms with E-state index in [2.05, 4.69) is 4.90 Å². The monoisotopic (exact) mass is 389 g/mol. The van der Waals surface area contributed by atoms with Gasteiger partial charge < -0.3 is 15.4 Å². The van der Waals surface area contributed by atoms with Crippen LogP contribution >= 0.6 is 24.8 Å². The lowest BCUT2D eigenvalue weighted by Gasteiger charge is -2.37. The number of halogens is 2. The summed E-state index contributed by atoms with van der Waals surface area (Å²) in [6, 6.07) is 5.56. The highest BCUT2D eigenvalue weighted by Crippen LogP contribution is 2.19. The second-order valence-corrected chi connectivity index (χ2v) is 6.72. The molecule has 5 nitrogen and oxygen atoms in total. The van der Waals surface area contributed by atoms with E-state index in [1.54, 1.807) is 6.07 Å². The van der Waals surface area contributed by atoms with Gasteiger partial charge in [0, 0.05) is 57.2 Å². The molecule has 2 aliphatic rings. The summed E-state index contributed by atoms with van der Waals surface area (Å²) >= 11 is 0. The molecule has 0 saturated carbocycles. The van der Waals surface area contributed by atoms with Crippen molar-refractivity contribution in [2.45, 2.75) is 19.8 Å². The van der Waals surface area contributed by atoms with Crippen molar-refractivity contribution in [1.29, 1.82) is 0 Å².